The summed E-state index contributed by atoms with van der Waals surface area (Å²) in [6, 6.07) is 15.7. The lowest BCUT2D eigenvalue weighted by molar-refractivity contribution is -0.138. The molecule has 184 valence electrons. The predicted octanol–water partition coefficient (Wildman–Crippen LogP) is 4.47. The van der Waals surface area contributed by atoms with Gasteiger partial charge >= 0.3 is 5.97 Å². The van der Waals surface area contributed by atoms with Crippen LogP contribution in [0.5, 0.6) is 0 Å². The van der Waals surface area contributed by atoms with Crippen LogP contribution in [0.3, 0.4) is 0 Å². The fourth-order valence-corrected chi connectivity index (χ4v) is 4.48. The lowest BCUT2D eigenvalue weighted by Gasteiger charge is -2.24. The predicted molar refractivity (Wildman–Crippen MR) is 128 cm³/mol. The molecule has 4 heterocycles. The first-order valence-corrected chi connectivity index (χ1v) is 11.3. The fraction of sp³-hybridized carbons (Fsp3) is 0.115. The third kappa shape index (κ3) is 3.99. The number of anilines is 2. The van der Waals surface area contributed by atoms with Gasteiger partial charge < -0.3 is 14.5 Å². The second-order valence-electron chi connectivity index (χ2n) is 8.47. The van der Waals surface area contributed by atoms with Gasteiger partial charge in [0.05, 0.1) is 18.4 Å². The summed E-state index contributed by atoms with van der Waals surface area (Å²) < 4.78 is 35.9. The van der Waals surface area contributed by atoms with Crippen LogP contribution < -0.4 is 4.90 Å². The van der Waals surface area contributed by atoms with Gasteiger partial charge in [0, 0.05) is 23.7 Å². The maximum atomic E-state index is 15.1. The molecule has 5 aromatic rings. The second-order valence-corrected chi connectivity index (χ2v) is 8.47. The highest BCUT2D eigenvalue weighted by molar-refractivity contribution is 5.86. The van der Waals surface area contributed by atoms with E-state index in [0.717, 1.165) is 11.8 Å². The standard InChI is InChI=1S/C26H18F2N6O3/c27-17-7-3-1-6-16(17)14-33-22(19-9-10-37-32-19)12-20(31-33)24-29-13-18(28)25(30-24)34-21-8-4-2-5-15(21)11-23(34)26(35)36/h1-10,12-13,23H,11,14H2,(H,35,36)/t23-/m1/s1. The molecule has 0 saturated carbocycles. The van der Waals surface area contributed by atoms with Gasteiger partial charge in [-0.3, -0.25) is 4.68 Å². The molecule has 1 aliphatic rings. The number of carboxylic acid groups (broad SMARTS) is 1. The average molecular weight is 500 g/mol. The van der Waals surface area contributed by atoms with Crippen molar-refractivity contribution in [1.82, 2.24) is 24.9 Å². The van der Waals surface area contributed by atoms with Crippen molar-refractivity contribution < 1.29 is 23.2 Å². The Hall–Kier alpha value is -4.93. The van der Waals surface area contributed by atoms with E-state index in [0.29, 0.717) is 22.6 Å². The first kappa shape index (κ1) is 22.5. The van der Waals surface area contributed by atoms with E-state index in [4.69, 9.17) is 4.52 Å². The highest BCUT2D eigenvalue weighted by Gasteiger charge is 2.37. The van der Waals surface area contributed by atoms with E-state index < -0.39 is 23.6 Å². The van der Waals surface area contributed by atoms with Gasteiger partial charge in [0.1, 0.15) is 29.5 Å². The lowest BCUT2D eigenvalue weighted by atomic mass is 10.1. The van der Waals surface area contributed by atoms with Gasteiger partial charge in [-0.15, -0.1) is 0 Å². The molecule has 6 rings (SSSR count). The smallest absolute Gasteiger partial charge is 0.327 e. The Morgan fingerprint density at radius 1 is 1.05 bits per heavy atom. The Balaban J connectivity index is 1.45. The molecule has 0 saturated heterocycles. The number of carboxylic acids is 1. The monoisotopic (exact) mass is 500 g/mol. The zero-order valence-electron chi connectivity index (χ0n) is 19.1. The number of para-hydroxylation sites is 1. The van der Waals surface area contributed by atoms with Crippen molar-refractivity contribution in [1.29, 1.82) is 0 Å². The minimum Gasteiger partial charge on any atom is -0.480 e. The normalized spacial score (nSPS) is 14.6. The second kappa shape index (κ2) is 8.94. The number of halogens is 2. The quantitative estimate of drug-likeness (QED) is 0.364. The van der Waals surface area contributed by atoms with Crippen molar-refractivity contribution in [2.45, 2.75) is 19.0 Å². The Morgan fingerprint density at radius 2 is 1.86 bits per heavy atom. The van der Waals surface area contributed by atoms with Gasteiger partial charge in [0.25, 0.3) is 0 Å². The summed E-state index contributed by atoms with van der Waals surface area (Å²) in [4.78, 5) is 21.9. The molecule has 37 heavy (non-hydrogen) atoms. The summed E-state index contributed by atoms with van der Waals surface area (Å²) in [5.74, 6) is -2.36. The number of rotatable bonds is 6. The van der Waals surface area contributed by atoms with Gasteiger partial charge in [0.2, 0.25) is 0 Å². The molecule has 11 heteroatoms. The molecule has 0 fully saturated rings. The highest BCUT2D eigenvalue weighted by atomic mass is 19.1. The molecule has 0 unspecified atom stereocenters. The number of aromatic nitrogens is 5. The van der Waals surface area contributed by atoms with Crippen LogP contribution in [0.15, 0.2) is 77.6 Å². The van der Waals surface area contributed by atoms with Gasteiger partial charge in [-0.05, 0) is 23.8 Å². The van der Waals surface area contributed by atoms with Crippen molar-refractivity contribution >= 4 is 17.5 Å². The minimum absolute atomic E-state index is 0.0712. The van der Waals surface area contributed by atoms with E-state index >= 15 is 4.39 Å². The van der Waals surface area contributed by atoms with Crippen molar-refractivity contribution in [2.75, 3.05) is 4.90 Å². The number of benzene rings is 2. The van der Waals surface area contributed by atoms with E-state index in [2.05, 4.69) is 20.2 Å². The summed E-state index contributed by atoms with van der Waals surface area (Å²) in [6.45, 7) is 0.0868. The summed E-state index contributed by atoms with van der Waals surface area (Å²) in [7, 11) is 0. The third-order valence-corrected chi connectivity index (χ3v) is 6.20. The summed E-state index contributed by atoms with van der Waals surface area (Å²) in [6.07, 6.45) is 2.60. The van der Waals surface area contributed by atoms with E-state index in [1.54, 1.807) is 54.6 Å². The van der Waals surface area contributed by atoms with Crippen molar-refractivity contribution in [3.05, 3.63) is 95.9 Å². The number of hydrogen-bond acceptors (Lipinski definition) is 7. The summed E-state index contributed by atoms with van der Waals surface area (Å²) >= 11 is 0. The zero-order chi connectivity index (χ0) is 25.5. The molecule has 0 amide bonds. The molecule has 0 bridgehead atoms. The van der Waals surface area contributed by atoms with E-state index in [9.17, 15) is 14.3 Å². The number of carbonyl (C=O) groups is 1. The zero-order valence-corrected chi connectivity index (χ0v) is 19.1. The topological polar surface area (TPSA) is 110 Å². The molecule has 0 spiro atoms. The first-order valence-electron chi connectivity index (χ1n) is 11.3. The molecule has 9 nitrogen and oxygen atoms in total. The average Bonchev–Trinajstić information content (AvgIpc) is 3.64. The Bertz CT molecular complexity index is 1620. The SMILES string of the molecule is O=C(O)[C@H]1Cc2ccccc2N1c1nc(-c2cc(-c3ccon3)n(Cc3ccccc3F)n2)ncc1F. The molecule has 3 aromatic heterocycles. The Labute approximate surface area is 208 Å². The molecular weight excluding hydrogens is 482 g/mol. The molecule has 1 N–H and O–H groups in total. The number of aliphatic carboxylic acids is 1. The molecular formula is C26H18F2N6O3. The molecule has 0 aliphatic carbocycles. The molecule has 0 radical (unpaired) electrons. The van der Waals surface area contributed by atoms with Crippen molar-refractivity contribution in [3.63, 3.8) is 0 Å². The highest BCUT2D eigenvalue weighted by Crippen LogP contribution is 2.39. The van der Waals surface area contributed by atoms with E-state index in [-0.39, 0.29) is 30.3 Å². The Morgan fingerprint density at radius 3 is 2.65 bits per heavy atom. The first-order chi connectivity index (χ1) is 18.0. The maximum Gasteiger partial charge on any atom is 0.327 e. The number of hydrogen-bond donors (Lipinski definition) is 1. The number of nitrogens with zero attached hydrogens (tertiary/aromatic N) is 6. The summed E-state index contributed by atoms with van der Waals surface area (Å²) in [5, 5.41) is 18.4. The van der Waals surface area contributed by atoms with Crippen molar-refractivity contribution in [2.24, 2.45) is 0 Å². The van der Waals surface area contributed by atoms with E-state index in [1.165, 1.54) is 21.9 Å². The maximum absolute atomic E-state index is 15.1. The van der Waals surface area contributed by atoms with Crippen molar-refractivity contribution in [3.8, 4) is 22.9 Å². The van der Waals surface area contributed by atoms with Gasteiger partial charge in [-0.2, -0.15) is 5.10 Å². The van der Waals surface area contributed by atoms with Gasteiger partial charge in [0.15, 0.2) is 17.5 Å². The van der Waals surface area contributed by atoms with Crippen LogP contribution in [0.1, 0.15) is 11.1 Å². The van der Waals surface area contributed by atoms with Crippen LogP contribution in [0.4, 0.5) is 20.3 Å². The van der Waals surface area contributed by atoms with Crippen LogP contribution in [-0.4, -0.2) is 42.0 Å². The van der Waals surface area contributed by atoms with Crippen LogP contribution in [0, 0.1) is 11.6 Å². The third-order valence-electron chi connectivity index (χ3n) is 6.20. The summed E-state index contributed by atoms with van der Waals surface area (Å²) in [5.41, 5.74) is 2.98. The molecule has 1 aliphatic heterocycles. The number of fused-ring (bicyclic) bond motifs is 1. The van der Waals surface area contributed by atoms with E-state index in [1.807, 2.05) is 0 Å². The molecule has 2 aromatic carbocycles. The van der Waals surface area contributed by atoms with Crippen LogP contribution in [0.2, 0.25) is 0 Å². The largest absolute Gasteiger partial charge is 0.480 e. The van der Waals surface area contributed by atoms with Crippen LogP contribution in [0.25, 0.3) is 22.9 Å². The van der Waals surface area contributed by atoms with Gasteiger partial charge in [-0.1, -0.05) is 41.6 Å². The van der Waals surface area contributed by atoms with Crippen LogP contribution in [-0.2, 0) is 17.8 Å². The molecule has 1 atom stereocenters. The van der Waals surface area contributed by atoms with Gasteiger partial charge in [-0.25, -0.2) is 23.5 Å². The minimum atomic E-state index is -1.10. The Kier molecular flexibility index (Phi) is 5.44. The van der Waals surface area contributed by atoms with Crippen LogP contribution >= 0.6 is 0 Å². The fourth-order valence-electron chi connectivity index (χ4n) is 4.48. The lowest BCUT2D eigenvalue weighted by Crippen LogP contribution is -2.36.